The van der Waals surface area contributed by atoms with Crippen molar-refractivity contribution in [1.82, 2.24) is 10.2 Å². The number of halogens is 6. The second-order valence-electron chi connectivity index (χ2n) is 10.1. The van der Waals surface area contributed by atoms with Crippen molar-refractivity contribution >= 4 is 35.2 Å². The molecule has 0 aliphatic carbocycles. The number of amides is 2. The fourth-order valence-corrected chi connectivity index (χ4v) is 5.54. The number of nitrogens with two attached hydrogens (primary N) is 1. The van der Waals surface area contributed by atoms with Crippen LogP contribution in [0.5, 0.6) is 0 Å². The Morgan fingerprint density at radius 2 is 1.76 bits per heavy atom. The maximum absolute atomic E-state index is 14.0. The van der Waals surface area contributed by atoms with E-state index in [-0.39, 0.29) is 37.1 Å². The molecular weight excluding hydrogens is 590 g/mol. The quantitative estimate of drug-likeness (QED) is 0.220. The third-order valence-corrected chi connectivity index (χ3v) is 7.75. The summed E-state index contributed by atoms with van der Waals surface area (Å²) in [7, 11) is 0. The van der Waals surface area contributed by atoms with Crippen LogP contribution in [0.3, 0.4) is 0 Å². The van der Waals surface area contributed by atoms with Gasteiger partial charge in [0.15, 0.2) is 17.0 Å². The Morgan fingerprint density at radius 1 is 1.10 bits per heavy atom. The zero-order chi connectivity index (χ0) is 31.4. The molecule has 0 bridgehead atoms. The highest BCUT2D eigenvalue weighted by molar-refractivity contribution is 8.00. The summed E-state index contributed by atoms with van der Waals surface area (Å²) in [6.07, 6.45) is -5.39. The predicted molar refractivity (Wildman–Crippen MR) is 144 cm³/mol. The van der Waals surface area contributed by atoms with E-state index in [2.05, 4.69) is 10.6 Å². The number of anilines is 1. The Morgan fingerprint density at radius 3 is 2.38 bits per heavy atom. The van der Waals surface area contributed by atoms with Gasteiger partial charge < -0.3 is 26.4 Å². The lowest BCUT2D eigenvalue weighted by Gasteiger charge is -2.25. The molecule has 0 saturated carbocycles. The highest BCUT2D eigenvalue weighted by Gasteiger charge is 2.37. The van der Waals surface area contributed by atoms with E-state index in [4.69, 9.17) is 5.73 Å². The number of carbonyl (C=O) groups excluding carboxylic acids is 2. The number of carboxylic acids is 1. The molecular formula is C27H30F6N4O4S. The lowest BCUT2D eigenvalue weighted by atomic mass is 10.0. The number of hydrogen-bond acceptors (Lipinski definition) is 6. The molecule has 1 heterocycles. The van der Waals surface area contributed by atoms with Gasteiger partial charge in [-0.15, -0.1) is 11.8 Å². The zero-order valence-electron chi connectivity index (χ0n) is 22.6. The third kappa shape index (κ3) is 8.31. The molecule has 8 nitrogen and oxygen atoms in total. The number of nitrogens with zero attached hydrogens (tertiary/aromatic N) is 1. The van der Waals surface area contributed by atoms with Crippen LogP contribution in [0.15, 0.2) is 30.3 Å². The number of benzene rings is 2. The summed E-state index contributed by atoms with van der Waals surface area (Å²) in [5, 5.41) is 13.3. The first-order valence-corrected chi connectivity index (χ1v) is 13.9. The van der Waals surface area contributed by atoms with E-state index < -0.39 is 76.0 Å². The number of nitrogens with one attached hydrogen (secondary N) is 2. The van der Waals surface area contributed by atoms with Crippen LogP contribution in [0.25, 0.3) is 0 Å². The topological polar surface area (TPSA) is 125 Å². The number of thioether (sulfide) groups is 1. The normalized spacial score (nSPS) is 16.8. The van der Waals surface area contributed by atoms with Gasteiger partial charge in [-0.2, -0.15) is 13.2 Å². The molecule has 1 aliphatic heterocycles. The Labute approximate surface area is 242 Å². The minimum atomic E-state index is -4.81. The summed E-state index contributed by atoms with van der Waals surface area (Å²) in [5.74, 6) is -6.20. The number of carbonyl (C=O) groups is 3. The Hall–Kier alpha value is -3.46. The molecule has 15 heteroatoms. The second-order valence-corrected chi connectivity index (χ2v) is 11.3. The van der Waals surface area contributed by atoms with E-state index in [1.54, 1.807) is 13.8 Å². The Bertz CT molecular complexity index is 1330. The van der Waals surface area contributed by atoms with Gasteiger partial charge in [-0.05, 0) is 41.7 Å². The van der Waals surface area contributed by atoms with Gasteiger partial charge in [0.05, 0.1) is 5.56 Å². The van der Waals surface area contributed by atoms with Crippen molar-refractivity contribution in [2.75, 3.05) is 17.6 Å². The molecule has 230 valence electrons. The first kappa shape index (κ1) is 33.0. The molecule has 0 spiro atoms. The van der Waals surface area contributed by atoms with Gasteiger partial charge >= 0.3 is 12.1 Å². The van der Waals surface area contributed by atoms with Gasteiger partial charge in [0, 0.05) is 43.1 Å². The van der Waals surface area contributed by atoms with Crippen LogP contribution >= 0.6 is 11.8 Å². The van der Waals surface area contributed by atoms with E-state index in [0.717, 1.165) is 23.9 Å². The molecule has 2 amide bonds. The molecule has 0 aromatic heterocycles. The maximum Gasteiger partial charge on any atom is 0.418 e. The van der Waals surface area contributed by atoms with E-state index in [1.165, 1.54) is 11.0 Å². The van der Waals surface area contributed by atoms with Gasteiger partial charge in [-0.25, -0.2) is 18.0 Å². The van der Waals surface area contributed by atoms with Crippen molar-refractivity contribution < 1.29 is 45.8 Å². The van der Waals surface area contributed by atoms with Crippen molar-refractivity contribution in [2.24, 2.45) is 11.7 Å². The summed E-state index contributed by atoms with van der Waals surface area (Å²) in [6.45, 7) is 2.99. The maximum atomic E-state index is 14.0. The van der Waals surface area contributed by atoms with E-state index in [1.807, 2.05) is 0 Å². The predicted octanol–water partition coefficient (Wildman–Crippen LogP) is 4.12. The molecule has 2 aromatic rings. The minimum absolute atomic E-state index is 0.0918. The lowest BCUT2D eigenvalue weighted by molar-refractivity contribution is -0.140. The highest BCUT2D eigenvalue weighted by atomic mass is 32.2. The number of alkyl halides is 3. The average Bonchev–Trinajstić information content (AvgIpc) is 3.39. The van der Waals surface area contributed by atoms with Gasteiger partial charge in [-0.1, -0.05) is 19.9 Å². The standard InChI is InChI=1S/C27H30F6N4O4S/c1-13(2)23(26(40)41)36-21-4-3-14(7-17(21)27(31,32)33)12-35-24(39)25-37(5-6-42-25)22(38)10-16(34)8-15-9-19(29)20(30)11-18(15)28/h3-4,7,9,11,13,16,23,25,36H,5-6,8,10,12,34H2,1-2H3,(H,35,39)(H,40,41)/t16?,23-,25+/m1/s1. The van der Waals surface area contributed by atoms with Gasteiger partial charge in [0.2, 0.25) is 5.91 Å². The van der Waals surface area contributed by atoms with Crippen LogP contribution in [-0.2, 0) is 33.5 Å². The van der Waals surface area contributed by atoms with Gasteiger partial charge in [0.25, 0.3) is 5.91 Å². The number of rotatable bonds is 11. The molecule has 1 saturated heterocycles. The van der Waals surface area contributed by atoms with Crippen LogP contribution in [0.1, 0.15) is 37.0 Å². The molecule has 3 rings (SSSR count). The molecule has 0 radical (unpaired) electrons. The fraction of sp³-hybridized carbons (Fsp3) is 0.444. The first-order chi connectivity index (χ1) is 19.6. The number of hydrogen-bond donors (Lipinski definition) is 4. The molecule has 1 unspecified atom stereocenters. The van der Waals surface area contributed by atoms with Crippen molar-refractivity contribution in [1.29, 1.82) is 0 Å². The number of carboxylic acid groups (broad SMARTS) is 1. The Balaban J connectivity index is 1.64. The summed E-state index contributed by atoms with van der Waals surface area (Å²) in [6, 6.07) is 2.05. The van der Waals surface area contributed by atoms with Crippen LogP contribution in [0.2, 0.25) is 0 Å². The van der Waals surface area contributed by atoms with Crippen LogP contribution < -0.4 is 16.4 Å². The average molecular weight is 621 g/mol. The zero-order valence-corrected chi connectivity index (χ0v) is 23.4. The summed E-state index contributed by atoms with van der Waals surface area (Å²) >= 11 is 1.14. The molecule has 42 heavy (non-hydrogen) atoms. The molecule has 1 aliphatic rings. The van der Waals surface area contributed by atoms with E-state index in [9.17, 15) is 45.8 Å². The van der Waals surface area contributed by atoms with Gasteiger partial charge in [-0.3, -0.25) is 9.59 Å². The fourth-order valence-electron chi connectivity index (χ4n) is 4.38. The number of aliphatic carboxylic acids is 1. The largest absolute Gasteiger partial charge is 0.480 e. The minimum Gasteiger partial charge on any atom is -0.480 e. The van der Waals surface area contributed by atoms with Crippen LogP contribution in [0, 0.1) is 23.4 Å². The summed E-state index contributed by atoms with van der Waals surface area (Å²) in [5.41, 5.74) is 4.32. The van der Waals surface area contributed by atoms with Crippen molar-refractivity contribution in [3.8, 4) is 0 Å². The monoisotopic (exact) mass is 620 g/mol. The Kier molecular flexibility index (Phi) is 10.8. The lowest BCUT2D eigenvalue weighted by Crippen LogP contribution is -2.46. The summed E-state index contributed by atoms with van der Waals surface area (Å²) < 4.78 is 81.9. The smallest absolute Gasteiger partial charge is 0.418 e. The summed E-state index contributed by atoms with van der Waals surface area (Å²) in [4.78, 5) is 38.5. The third-order valence-electron chi connectivity index (χ3n) is 6.54. The SMILES string of the molecule is CC(C)[C@@H](Nc1ccc(CNC(=O)[C@@H]2SCCN2C(=O)CC(N)Cc2cc(F)c(F)cc2F)cc1C(F)(F)F)C(=O)O. The first-order valence-electron chi connectivity index (χ1n) is 12.9. The molecule has 5 N–H and O–H groups in total. The van der Waals surface area contributed by atoms with Crippen LogP contribution in [-0.4, -0.2) is 57.5 Å². The van der Waals surface area contributed by atoms with Gasteiger partial charge in [0.1, 0.15) is 11.9 Å². The highest BCUT2D eigenvalue weighted by Crippen LogP contribution is 2.36. The molecule has 2 aromatic carbocycles. The van der Waals surface area contributed by atoms with Crippen molar-refractivity contribution in [2.45, 2.75) is 56.9 Å². The molecule has 3 atom stereocenters. The molecule has 1 fully saturated rings. The van der Waals surface area contributed by atoms with E-state index >= 15 is 0 Å². The van der Waals surface area contributed by atoms with Crippen molar-refractivity contribution in [3.63, 3.8) is 0 Å². The van der Waals surface area contributed by atoms with Crippen LogP contribution in [0.4, 0.5) is 32.0 Å². The second kappa shape index (κ2) is 13.7. The van der Waals surface area contributed by atoms with E-state index in [0.29, 0.717) is 17.9 Å². The van der Waals surface area contributed by atoms with Crippen molar-refractivity contribution in [3.05, 3.63) is 64.5 Å².